The van der Waals surface area contributed by atoms with E-state index in [-0.39, 0.29) is 10.9 Å². The van der Waals surface area contributed by atoms with Crippen molar-refractivity contribution in [2.45, 2.75) is 19.8 Å². The molecule has 0 saturated carbocycles. The van der Waals surface area contributed by atoms with Crippen LogP contribution in [0.4, 0.5) is 0 Å². The molecule has 0 aliphatic heterocycles. The van der Waals surface area contributed by atoms with Gasteiger partial charge in [-0.2, -0.15) is 8.42 Å². The first-order valence-corrected chi connectivity index (χ1v) is 7.69. The molecule has 0 unspecified atom stereocenters. The maximum absolute atomic E-state index is 11.4. The van der Waals surface area contributed by atoms with E-state index < -0.39 is 10.1 Å². The summed E-state index contributed by atoms with van der Waals surface area (Å²) in [6.45, 7) is 1.88. The summed E-state index contributed by atoms with van der Waals surface area (Å²) in [4.78, 5) is 0. The Kier molecular flexibility index (Phi) is 5.91. The van der Waals surface area contributed by atoms with Gasteiger partial charge in [0.05, 0.1) is 10.8 Å². The van der Waals surface area contributed by atoms with Crippen molar-refractivity contribution in [1.29, 1.82) is 0 Å². The van der Waals surface area contributed by atoms with Gasteiger partial charge in [-0.3, -0.25) is 4.28 Å². The van der Waals surface area contributed by atoms with Gasteiger partial charge >= 0.3 is 10.1 Å². The summed E-state index contributed by atoms with van der Waals surface area (Å²) < 4.78 is 27.3. The predicted octanol–water partition coefficient (Wildman–Crippen LogP) is 3.39. The van der Waals surface area contributed by atoms with Crippen molar-refractivity contribution < 1.29 is 12.7 Å². The second kappa shape index (κ2) is 6.97. The number of unbranched alkanes of at least 4 members (excludes halogenated alkanes) is 1. The van der Waals surface area contributed by atoms with E-state index in [1.54, 1.807) is 24.3 Å². The van der Waals surface area contributed by atoms with Crippen LogP contribution >= 0.6 is 23.2 Å². The molecule has 1 rings (SSSR count). The molecule has 0 bridgehead atoms. The normalized spacial score (nSPS) is 12.5. The minimum absolute atomic E-state index is 0.0836. The highest BCUT2D eigenvalue weighted by molar-refractivity contribution is 7.86. The van der Waals surface area contributed by atoms with E-state index in [0.29, 0.717) is 17.0 Å². The predicted molar refractivity (Wildman–Crippen MR) is 73.6 cm³/mol. The molecule has 1 aromatic rings. The average molecular weight is 310 g/mol. The number of hydrogen-bond donors (Lipinski definition) is 0. The van der Waals surface area contributed by atoms with Crippen LogP contribution in [0.5, 0.6) is 0 Å². The zero-order valence-electron chi connectivity index (χ0n) is 9.77. The van der Waals surface area contributed by atoms with Crippen LogP contribution in [0, 0.1) is 0 Å². The first kappa shape index (κ1) is 15.3. The van der Waals surface area contributed by atoms with Gasteiger partial charge in [-0.25, -0.2) is 0 Å². The number of nitrogens with zero attached hydrogens (tertiary/aromatic N) is 1. The smallest absolute Gasteiger partial charge is 0.267 e. The first-order chi connectivity index (χ1) is 8.46. The second-order valence-electron chi connectivity index (χ2n) is 3.55. The molecule has 0 atom stereocenters. The van der Waals surface area contributed by atoms with Crippen molar-refractivity contribution in [3.05, 3.63) is 34.9 Å². The average Bonchev–Trinajstić information content (AvgIpc) is 2.34. The molecule has 0 fully saturated rings. The van der Waals surface area contributed by atoms with E-state index in [0.717, 1.165) is 6.42 Å². The Labute approximate surface area is 117 Å². The molecular weight excluding hydrogens is 297 g/mol. The van der Waals surface area contributed by atoms with Gasteiger partial charge in [0.15, 0.2) is 5.17 Å². The minimum Gasteiger partial charge on any atom is -0.267 e. The van der Waals surface area contributed by atoms with Gasteiger partial charge in [0.2, 0.25) is 0 Å². The Bertz CT molecular complexity index is 529. The standard InChI is InChI=1S/C11H13Cl2NO3S/c1-2-3-8-18(15,16)17-14-11(13)9-6-4-5-7-10(9)12/h4-7H,2-3,8H2,1H3/b14-11-. The highest BCUT2D eigenvalue weighted by atomic mass is 35.5. The van der Waals surface area contributed by atoms with E-state index in [2.05, 4.69) is 9.44 Å². The summed E-state index contributed by atoms with van der Waals surface area (Å²) in [6.07, 6.45) is 1.27. The number of rotatable bonds is 6. The molecule has 0 radical (unpaired) electrons. The summed E-state index contributed by atoms with van der Waals surface area (Å²) in [5, 5.41) is 3.67. The highest BCUT2D eigenvalue weighted by Crippen LogP contribution is 2.18. The second-order valence-corrected chi connectivity index (χ2v) is 5.99. The summed E-state index contributed by atoms with van der Waals surface area (Å²) >= 11 is 11.7. The fourth-order valence-electron chi connectivity index (χ4n) is 1.13. The number of halogens is 2. The van der Waals surface area contributed by atoms with Gasteiger partial charge in [0, 0.05) is 5.56 Å². The Hall–Kier alpha value is -0.780. The molecule has 0 spiro atoms. The van der Waals surface area contributed by atoms with Crippen LogP contribution in [0.25, 0.3) is 0 Å². The Morgan fingerprint density at radius 2 is 2.06 bits per heavy atom. The molecule has 18 heavy (non-hydrogen) atoms. The van der Waals surface area contributed by atoms with E-state index in [9.17, 15) is 8.42 Å². The van der Waals surface area contributed by atoms with Gasteiger partial charge in [-0.15, -0.1) is 0 Å². The van der Waals surface area contributed by atoms with E-state index in [1.165, 1.54) is 0 Å². The largest absolute Gasteiger partial charge is 0.328 e. The van der Waals surface area contributed by atoms with Gasteiger partial charge in [-0.1, -0.05) is 59.9 Å². The van der Waals surface area contributed by atoms with Gasteiger partial charge in [0.1, 0.15) is 0 Å². The van der Waals surface area contributed by atoms with E-state index in [4.69, 9.17) is 23.2 Å². The van der Waals surface area contributed by atoms with Crippen LogP contribution in [-0.4, -0.2) is 19.3 Å². The van der Waals surface area contributed by atoms with Crippen molar-refractivity contribution >= 4 is 38.5 Å². The van der Waals surface area contributed by atoms with Crippen LogP contribution in [0.1, 0.15) is 25.3 Å². The molecule has 0 aliphatic carbocycles. The van der Waals surface area contributed by atoms with Gasteiger partial charge in [-0.05, 0) is 12.5 Å². The molecular formula is C11H13Cl2NO3S. The fraction of sp³-hybridized carbons (Fsp3) is 0.364. The molecule has 0 N–H and O–H groups in total. The SMILES string of the molecule is CCCCS(=O)(=O)O/N=C(\Cl)c1ccccc1Cl. The number of hydrogen-bond acceptors (Lipinski definition) is 4. The number of benzene rings is 1. The van der Waals surface area contributed by atoms with Crippen molar-refractivity contribution in [2.75, 3.05) is 5.75 Å². The summed E-state index contributed by atoms with van der Waals surface area (Å²) in [5.74, 6) is -0.0836. The highest BCUT2D eigenvalue weighted by Gasteiger charge is 2.12. The first-order valence-electron chi connectivity index (χ1n) is 5.36. The quantitative estimate of drug-likeness (QED) is 0.598. The maximum Gasteiger partial charge on any atom is 0.328 e. The monoisotopic (exact) mass is 309 g/mol. The Morgan fingerprint density at radius 1 is 1.39 bits per heavy atom. The topological polar surface area (TPSA) is 55.7 Å². The molecule has 0 aromatic heterocycles. The molecule has 0 aliphatic rings. The Balaban J connectivity index is 2.77. The maximum atomic E-state index is 11.4. The Morgan fingerprint density at radius 3 is 2.67 bits per heavy atom. The molecule has 1 aromatic carbocycles. The summed E-state index contributed by atoms with van der Waals surface area (Å²) in [7, 11) is -3.67. The van der Waals surface area contributed by atoms with Crippen LogP contribution in [0.15, 0.2) is 29.4 Å². The zero-order chi connectivity index (χ0) is 13.6. The molecule has 7 heteroatoms. The van der Waals surface area contributed by atoms with Crippen LogP contribution in [0.2, 0.25) is 5.02 Å². The molecule has 4 nitrogen and oxygen atoms in total. The molecule has 0 heterocycles. The van der Waals surface area contributed by atoms with Crippen molar-refractivity contribution in [3.63, 3.8) is 0 Å². The fourth-order valence-corrected chi connectivity index (χ4v) is 2.54. The van der Waals surface area contributed by atoms with Crippen molar-refractivity contribution in [1.82, 2.24) is 0 Å². The lowest BCUT2D eigenvalue weighted by atomic mass is 10.2. The molecule has 100 valence electrons. The third-order valence-corrected chi connectivity index (χ3v) is 3.77. The lowest BCUT2D eigenvalue weighted by Gasteiger charge is -2.02. The van der Waals surface area contributed by atoms with Gasteiger partial charge < -0.3 is 0 Å². The number of oxime groups is 1. The molecule has 0 saturated heterocycles. The van der Waals surface area contributed by atoms with E-state index >= 15 is 0 Å². The van der Waals surface area contributed by atoms with Crippen LogP contribution in [-0.2, 0) is 14.4 Å². The van der Waals surface area contributed by atoms with Crippen molar-refractivity contribution in [2.24, 2.45) is 5.16 Å². The van der Waals surface area contributed by atoms with E-state index in [1.807, 2.05) is 6.92 Å². The lowest BCUT2D eigenvalue weighted by Crippen LogP contribution is -2.08. The van der Waals surface area contributed by atoms with Gasteiger partial charge in [0.25, 0.3) is 0 Å². The minimum atomic E-state index is -3.67. The lowest BCUT2D eigenvalue weighted by molar-refractivity contribution is 0.339. The molecule has 0 amide bonds. The third-order valence-electron chi connectivity index (χ3n) is 2.07. The zero-order valence-corrected chi connectivity index (χ0v) is 12.1. The third kappa shape index (κ3) is 4.84. The van der Waals surface area contributed by atoms with Crippen LogP contribution in [0.3, 0.4) is 0 Å². The summed E-state index contributed by atoms with van der Waals surface area (Å²) in [5.41, 5.74) is 0.423. The van der Waals surface area contributed by atoms with Crippen molar-refractivity contribution in [3.8, 4) is 0 Å². The summed E-state index contributed by atoms with van der Waals surface area (Å²) in [6, 6.07) is 6.69. The van der Waals surface area contributed by atoms with Crippen LogP contribution < -0.4 is 0 Å².